The van der Waals surface area contributed by atoms with Gasteiger partial charge in [-0.3, -0.25) is 0 Å². The Kier molecular flexibility index (Phi) is 5.02. The monoisotopic (exact) mass is 323 g/mol. The minimum Gasteiger partial charge on any atom is -1.00 e. The van der Waals surface area contributed by atoms with Crippen LogP contribution in [0, 0.1) is 0 Å². The van der Waals surface area contributed by atoms with E-state index < -0.39 is 0 Å². The van der Waals surface area contributed by atoms with Gasteiger partial charge in [0.15, 0.2) is 11.4 Å². The number of nitrogens with zero attached hydrogens (tertiary/aromatic N) is 4. The van der Waals surface area contributed by atoms with Crippen molar-refractivity contribution in [2.75, 3.05) is 0 Å². The second-order valence-electron chi connectivity index (χ2n) is 5.28. The Hall–Kier alpha value is -2.11. The number of amidine groups is 1. The predicted octanol–water partition coefficient (Wildman–Crippen LogP) is 2.18. The van der Waals surface area contributed by atoms with Crippen molar-refractivity contribution in [3.8, 4) is 0 Å². The molecule has 0 bridgehead atoms. The van der Waals surface area contributed by atoms with Crippen molar-refractivity contribution in [3.05, 3.63) is 96.6 Å². The van der Waals surface area contributed by atoms with Gasteiger partial charge < -0.3 is 1.43 Å². The van der Waals surface area contributed by atoms with Gasteiger partial charge in [-0.2, -0.15) is 0 Å². The van der Waals surface area contributed by atoms with Gasteiger partial charge in [0, 0.05) is 29.5 Å². The van der Waals surface area contributed by atoms with Crippen molar-refractivity contribution < 1.29 is 31.0 Å². The summed E-state index contributed by atoms with van der Waals surface area (Å²) in [5.41, 5.74) is 3.01. The standard InChI is InChI=1S/C19H15N4.Na.H/c1-4-10-16(11-5-1)19-20-21-22-23(19,17-12-6-2-7-13-17)18-14-8-3-9-15-18;;/h1-15H;;/q2*+1;-1. The number of benzene rings is 3. The first-order valence-corrected chi connectivity index (χ1v) is 7.48. The third-order valence-electron chi connectivity index (χ3n) is 3.91. The van der Waals surface area contributed by atoms with Crippen LogP contribution in [0.2, 0.25) is 0 Å². The summed E-state index contributed by atoms with van der Waals surface area (Å²) in [6.07, 6.45) is 0. The summed E-state index contributed by atoms with van der Waals surface area (Å²) in [5.74, 6) is 0.794. The van der Waals surface area contributed by atoms with Crippen LogP contribution in [-0.4, -0.2) is 5.84 Å². The van der Waals surface area contributed by atoms with Crippen LogP contribution in [0.3, 0.4) is 0 Å². The average Bonchev–Trinajstić information content (AvgIpc) is 3.10. The van der Waals surface area contributed by atoms with Crippen LogP contribution in [0.15, 0.2) is 107 Å². The molecule has 24 heavy (non-hydrogen) atoms. The quantitative estimate of drug-likeness (QED) is 0.523. The molecule has 0 aliphatic carbocycles. The minimum absolute atomic E-state index is 0. The largest absolute Gasteiger partial charge is 1.00 e. The molecule has 0 saturated heterocycles. The first-order valence-electron chi connectivity index (χ1n) is 7.48. The summed E-state index contributed by atoms with van der Waals surface area (Å²) in [4.78, 5) is 0. The molecule has 0 spiro atoms. The Morgan fingerprint density at radius 2 is 1.08 bits per heavy atom. The van der Waals surface area contributed by atoms with Crippen molar-refractivity contribution in [2.24, 2.45) is 15.5 Å². The topological polar surface area (TPSA) is 37.1 Å². The van der Waals surface area contributed by atoms with Crippen LogP contribution in [0.5, 0.6) is 0 Å². The van der Waals surface area contributed by atoms with Gasteiger partial charge in [0.05, 0.1) is 10.8 Å². The van der Waals surface area contributed by atoms with Crippen molar-refractivity contribution in [3.63, 3.8) is 0 Å². The maximum absolute atomic E-state index is 4.52. The van der Waals surface area contributed by atoms with Crippen LogP contribution >= 0.6 is 0 Å². The molecule has 4 rings (SSSR count). The molecule has 1 heterocycles. The van der Waals surface area contributed by atoms with Gasteiger partial charge in [-0.1, -0.05) is 64.3 Å². The molecule has 4 nitrogen and oxygen atoms in total. The second kappa shape index (κ2) is 7.20. The van der Waals surface area contributed by atoms with Gasteiger partial charge in [-0.05, 0) is 12.1 Å². The van der Waals surface area contributed by atoms with Gasteiger partial charge in [0.1, 0.15) is 0 Å². The van der Waals surface area contributed by atoms with Crippen molar-refractivity contribution in [1.29, 1.82) is 0 Å². The molecule has 0 radical (unpaired) electrons. The summed E-state index contributed by atoms with van der Waals surface area (Å²) in [6.45, 7) is 0. The third kappa shape index (κ3) is 2.74. The SMILES string of the molecule is [H-].[Na+].c1ccc(C2=NN=N[N+]2(c2ccccc2)c2ccccc2)cc1. The van der Waals surface area contributed by atoms with E-state index >= 15 is 0 Å². The Bertz CT molecular complexity index is 828. The molecule has 3 aromatic rings. The molecule has 1 aliphatic rings. The molecular formula is C19H16N4Na+. The molecule has 0 aromatic heterocycles. The fourth-order valence-corrected chi connectivity index (χ4v) is 2.85. The fourth-order valence-electron chi connectivity index (χ4n) is 2.85. The van der Waals surface area contributed by atoms with E-state index in [1.54, 1.807) is 0 Å². The number of rotatable bonds is 3. The first kappa shape index (κ1) is 16.7. The molecule has 0 unspecified atom stereocenters. The maximum atomic E-state index is 4.52. The zero-order chi connectivity index (χ0) is 15.5. The van der Waals surface area contributed by atoms with Gasteiger partial charge >= 0.3 is 29.6 Å². The first-order chi connectivity index (χ1) is 11.4. The molecule has 3 aromatic carbocycles. The maximum Gasteiger partial charge on any atom is 1.00 e. The van der Waals surface area contributed by atoms with Crippen LogP contribution in [0.25, 0.3) is 0 Å². The van der Waals surface area contributed by atoms with E-state index in [9.17, 15) is 0 Å². The average molecular weight is 323 g/mol. The van der Waals surface area contributed by atoms with E-state index in [1.807, 2.05) is 66.7 Å². The Morgan fingerprint density at radius 3 is 1.58 bits per heavy atom. The molecule has 0 N–H and O–H groups in total. The summed E-state index contributed by atoms with van der Waals surface area (Å²) >= 11 is 0. The van der Waals surface area contributed by atoms with E-state index in [-0.39, 0.29) is 35.6 Å². The van der Waals surface area contributed by atoms with Crippen molar-refractivity contribution >= 4 is 17.2 Å². The smallest absolute Gasteiger partial charge is 1.00 e. The molecule has 112 valence electrons. The predicted molar refractivity (Wildman–Crippen MR) is 93.3 cm³/mol. The van der Waals surface area contributed by atoms with Crippen LogP contribution in [-0.2, 0) is 0 Å². The number of hydrogen-bond donors (Lipinski definition) is 0. The third-order valence-corrected chi connectivity index (χ3v) is 3.91. The number of hydrogen-bond acceptors (Lipinski definition) is 3. The normalized spacial score (nSPS) is 14.8. The van der Waals surface area contributed by atoms with E-state index in [0.29, 0.717) is 0 Å². The molecule has 1 aliphatic heterocycles. The van der Waals surface area contributed by atoms with Crippen LogP contribution in [0.1, 0.15) is 6.99 Å². The summed E-state index contributed by atoms with van der Waals surface area (Å²) in [5, 5.41) is 12.9. The molecule has 0 fully saturated rings. The Morgan fingerprint density at radius 1 is 0.625 bits per heavy atom. The van der Waals surface area contributed by atoms with Gasteiger partial charge in [0.2, 0.25) is 0 Å². The van der Waals surface area contributed by atoms with E-state index in [0.717, 1.165) is 22.8 Å². The second-order valence-corrected chi connectivity index (χ2v) is 5.28. The fraction of sp³-hybridized carbons (Fsp3) is 0. The van der Waals surface area contributed by atoms with Gasteiger partial charge in [-0.15, -0.1) is 0 Å². The van der Waals surface area contributed by atoms with Crippen LogP contribution in [0.4, 0.5) is 11.4 Å². The van der Waals surface area contributed by atoms with Crippen molar-refractivity contribution in [2.45, 2.75) is 0 Å². The van der Waals surface area contributed by atoms with Crippen molar-refractivity contribution in [1.82, 2.24) is 4.59 Å². The zero-order valence-electron chi connectivity index (χ0n) is 14.4. The van der Waals surface area contributed by atoms with Crippen LogP contribution < -0.4 is 34.1 Å². The minimum atomic E-state index is 0. The van der Waals surface area contributed by atoms with Gasteiger partial charge in [0.25, 0.3) is 5.84 Å². The zero-order valence-corrected chi connectivity index (χ0v) is 15.4. The molecule has 0 saturated carbocycles. The Balaban J connectivity index is 0.00000113. The van der Waals surface area contributed by atoms with Gasteiger partial charge in [-0.25, -0.2) is 0 Å². The molecular weight excluding hydrogens is 307 g/mol. The van der Waals surface area contributed by atoms with E-state index in [1.165, 1.54) is 0 Å². The van der Waals surface area contributed by atoms with E-state index in [4.69, 9.17) is 0 Å². The van der Waals surface area contributed by atoms with E-state index in [2.05, 4.69) is 39.8 Å². The number of para-hydroxylation sites is 2. The summed E-state index contributed by atoms with van der Waals surface area (Å²) in [6, 6.07) is 30.3. The summed E-state index contributed by atoms with van der Waals surface area (Å²) < 4.78 is 0.145. The number of quaternary nitrogens is 1. The Labute approximate surface area is 164 Å². The summed E-state index contributed by atoms with van der Waals surface area (Å²) in [7, 11) is 0. The molecule has 0 amide bonds. The molecule has 0 atom stereocenters. The molecule has 5 heteroatoms.